The molecule has 2 bridgehead atoms. The maximum Gasteiger partial charge on any atom is 0.315 e. The number of fused-ring (bicyclic) bond motifs is 4. The van der Waals surface area contributed by atoms with Crippen molar-refractivity contribution in [2.24, 2.45) is 29.4 Å². The Kier molecular flexibility index (Phi) is 30.0. The number of Topliss-reactive ketones (excluding diaryl/α,β-unsaturated/α-hetero) is 4. The van der Waals surface area contributed by atoms with Crippen molar-refractivity contribution in [1.82, 2.24) is 71.8 Å². The van der Waals surface area contributed by atoms with Crippen molar-refractivity contribution in [2.45, 2.75) is 185 Å². The fourth-order valence-corrected chi connectivity index (χ4v) is 13.5. The summed E-state index contributed by atoms with van der Waals surface area (Å²) >= 11 is 1.87. The van der Waals surface area contributed by atoms with Crippen LogP contribution in [0.5, 0.6) is 0 Å². The van der Waals surface area contributed by atoms with Gasteiger partial charge in [-0.25, -0.2) is 14.8 Å². The number of hydrogen-bond acceptors (Lipinski definition) is 18. The summed E-state index contributed by atoms with van der Waals surface area (Å²) in [7, 11) is 0. The van der Waals surface area contributed by atoms with Crippen molar-refractivity contribution in [3.63, 3.8) is 0 Å². The maximum atomic E-state index is 14.7. The highest BCUT2D eigenvalue weighted by atomic mass is 32.2. The summed E-state index contributed by atoms with van der Waals surface area (Å²) in [4.78, 5) is 155. The topological polar surface area (TPSA) is 400 Å². The van der Waals surface area contributed by atoms with E-state index in [0.29, 0.717) is 74.2 Å². The standard InChI is InChI=1S/C64H89N15O13S.C2H6/c1-38(2)57-55(83)27-40(24-42-30-68-49-14-6-5-13-48(42)49)61(86)73-52(29-44-32-67-37-70-44)63(88)71-50(59(65)84)15-8-9-17-79-33-45(77-78-79)25-41(62(87)72-51(28-43-31-66-36-69-43)54(82)23-39(3)60(85)75-57)26-47(81)34-92-22-21-91-20-19-90-18-10-12-46(80)11-4-7-16-56-58-53(35-93-56)74-64(89)76-58;1-2/h5-6,13-14,30-33,36-41,50-53,56-58,68H,4,7-12,15-29,34-35H2,1-3H3,(H2,65,84)(H,66,69)(H,67,70)(H,71,88)(H,72,87)(H,73,86)(H,75,85)(H2,74,76,89);1-2H3/t39-,40-,41+,50-,51+,52+,53+,56+,57+,58+;/m0./s1. The van der Waals surface area contributed by atoms with Crippen molar-refractivity contribution >= 4 is 81.4 Å². The van der Waals surface area contributed by atoms with Crippen LogP contribution in [0.3, 0.4) is 0 Å². The smallest absolute Gasteiger partial charge is 0.315 e. The van der Waals surface area contributed by atoms with Crippen molar-refractivity contribution in [2.75, 3.05) is 45.4 Å². The molecule has 7 amide bonds. The van der Waals surface area contributed by atoms with Crippen molar-refractivity contribution in [3.8, 4) is 0 Å². The molecule has 1 aromatic carbocycles. The van der Waals surface area contributed by atoms with Gasteiger partial charge >= 0.3 is 6.03 Å². The summed E-state index contributed by atoms with van der Waals surface area (Å²) < 4.78 is 18.5. The first kappa shape index (κ1) is 74.2. The molecule has 518 valence electrons. The quantitative estimate of drug-likeness (QED) is 0.0265. The zero-order chi connectivity index (χ0) is 68.2. The molecule has 0 unspecified atom stereocenters. The number of rotatable bonds is 27. The molecule has 7 heterocycles. The van der Waals surface area contributed by atoms with Gasteiger partial charge < -0.3 is 66.8 Å². The van der Waals surface area contributed by atoms with E-state index in [-0.39, 0.29) is 102 Å². The van der Waals surface area contributed by atoms with Gasteiger partial charge in [-0.3, -0.25) is 47.8 Å². The number of amides is 7. The maximum absolute atomic E-state index is 14.7. The highest BCUT2D eigenvalue weighted by Crippen LogP contribution is 2.33. The van der Waals surface area contributed by atoms with Crippen LogP contribution in [0.1, 0.15) is 134 Å². The predicted octanol–water partition coefficient (Wildman–Crippen LogP) is 3.64. The van der Waals surface area contributed by atoms with E-state index < -0.39 is 94.7 Å². The number of nitrogens with one attached hydrogen (secondary N) is 9. The number of primary amides is 1. The fraction of sp³-hybridized carbons (Fsp3) is 0.606. The number of nitrogens with two attached hydrogens (primary N) is 1. The number of aromatic nitrogens is 8. The van der Waals surface area contributed by atoms with Crippen LogP contribution >= 0.6 is 11.8 Å². The van der Waals surface area contributed by atoms with E-state index >= 15 is 0 Å². The molecule has 4 aromatic heterocycles. The van der Waals surface area contributed by atoms with E-state index in [2.05, 4.69) is 67.1 Å². The molecule has 3 aliphatic heterocycles. The number of ketones is 4. The average molecular weight is 1340 g/mol. The number of nitrogens with zero attached hydrogens (tertiary/aromatic N) is 5. The Labute approximate surface area is 557 Å². The molecule has 0 saturated carbocycles. The van der Waals surface area contributed by atoms with Gasteiger partial charge in [0, 0.05) is 134 Å². The van der Waals surface area contributed by atoms with Gasteiger partial charge in [0.15, 0.2) is 17.3 Å². The van der Waals surface area contributed by atoms with Gasteiger partial charge in [-0.2, -0.15) is 11.8 Å². The number of para-hydroxylation sites is 1. The highest BCUT2D eigenvalue weighted by Gasteiger charge is 2.43. The highest BCUT2D eigenvalue weighted by molar-refractivity contribution is 8.00. The Morgan fingerprint density at radius 3 is 2.09 bits per heavy atom. The van der Waals surface area contributed by atoms with E-state index in [9.17, 15) is 47.9 Å². The number of benzene rings is 1. The summed E-state index contributed by atoms with van der Waals surface area (Å²) in [5.41, 5.74) is 8.77. The SMILES string of the molecule is CC.CC(C)[C@H]1NC(=O)[C@@H](C)CC(=O)[C@@H](Cc2cnc[nH]2)NC(=O)[C@@H](CC(=O)COCCOCCOCCCC(=O)CCCC[C@H]2SC[C@H]3NC(=O)N[C@H]32)Cc2cn(nn2)CCCC[C@@H](C(N)=O)NC(=O)[C@@H](Cc2cnc[nH]2)NC(=O)[C@@H](Cc2c[nH]c3ccccc23)CC1=O. The molecule has 95 heavy (non-hydrogen) atoms. The Bertz CT molecular complexity index is 3300. The third kappa shape index (κ3) is 23.6. The minimum Gasteiger partial charge on any atom is -0.379 e. The molecule has 11 N–H and O–H groups in total. The summed E-state index contributed by atoms with van der Waals surface area (Å²) in [5, 5.41) is 27.0. The van der Waals surface area contributed by atoms with Gasteiger partial charge in [-0.15, -0.1) is 5.10 Å². The number of H-pyrrole nitrogens is 3. The molecule has 0 aliphatic carbocycles. The van der Waals surface area contributed by atoms with Crippen LogP contribution in [0.2, 0.25) is 0 Å². The second-order valence-corrected chi connectivity index (χ2v) is 26.1. The van der Waals surface area contributed by atoms with Gasteiger partial charge in [0.05, 0.1) is 74.9 Å². The Morgan fingerprint density at radius 2 is 1.38 bits per heavy atom. The summed E-state index contributed by atoms with van der Waals surface area (Å²) in [6, 6.07) is 3.00. The number of unbranched alkanes of at least 4 members (excludes halogenated alkanes) is 1. The molecule has 29 heteroatoms. The molecule has 5 aromatic rings. The number of aromatic amines is 3. The average Bonchev–Trinajstić information content (AvgIpc) is 1.71. The van der Waals surface area contributed by atoms with Crippen LogP contribution in [0, 0.1) is 23.7 Å². The Balaban J connectivity index is 0.00000631. The zero-order valence-electron chi connectivity index (χ0n) is 55.1. The molecule has 2 fully saturated rings. The van der Waals surface area contributed by atoms with E-state index in [4.69, 9.17) is 19.9 Å². The van der Waals surface area contributed by atoms with Crippen LogP contribution in [0.25, 0.3) is 10.9 Å². The van der Waals surface area contributed by atoms with Crippen LogP contribution in [0.15, 0.2) is 61.7 Å². The monoisotopic (exact) mass is 1340 g/mol. The number of aryl methyl sites for hydroxylation is 1. The minimum absolute atomic E-state index is 0.0405. The normalized spacial score (nSPS) is 23.7. The molecule has 0 spiro atoms. The van der Waals surface area contributed by atoms with Crippen LogP contribution in [-0.4, -0.2) is 186 Å². The molecule has 2 saturated heterocycles. The fourth-order valence-electron chi connectivity index (χ4n) is 11.9. The van der Waals surface area contributed by atoms with Crippen LogP contribution < -0.4 is 37.6 Å². The van der Waals surface area contributed by atoms with Gasteiger partial charge in [-0.05, 0) is 62.5 Å². The second kappa shape index (κ2) is 38.4. The number of urea groups is 1. The second-order valence-electron chi connectivity index (χ2n) is 24.8. The van der Waals surface area contributed by atoms with Crippen molar-refractivity contribution in [3.05, 3.63) is 84.4 Å². The van der Waals surface area contributed by atoms with Crippen LogP contribution in [-0.2, 0) is 89.6 Å². The number of hydrogen-bond donors (Lipinski definition) is 10. The number of imidazole rings is 2. The van der Waals surface area contributed by atoms with Crippen LogP contribution in [0.4, 0.5) is 4.79 Å². The first-order valence-electron chi connectivity index (χ1n) is 33.3. The predicted molar refractivity (Wildman–Crippen MR) is 353 cm³/mol. The third-order valence-corrected chi connectivity index (χ3v) is 18.6. The van der Waals surface area contributed by atoms with Gasteiger partial charge in [-0.1, -0.05) is 64.5 Å². The zero-order valence-corrected chi connectivity index (χ0v) is 55.9. The minimum atomic E-state index is -1.26. The van der Waals surface area contributed by atoms with E-state index in [1.54, 1.807) is 30.9 Å². The first-order chi connectivity index (χ1) is 45.9. The molecule has 10 atom stereocenters. The Hall–Kier alpha value is -8.15. The van der Waals surface area contributed by atoms with E-state index in [1.807, 2.05) is 49.9 Å². The first-order valence-corrected chi connectivity index (χ1v) is 34.3. The third-order valence-electron chi connectivity index (χ3n) is 17.1. The molecule has 28 nitrogen and oxygen atoms in total. The largest absolute Gasteiger partial charge is 0.379 e. The number of thioether (sulfide) groups is 1. The lowest BCUT2D eigenvalue weighted by atomic mass is 9.87. The van der Waals surface area contributed by atoms with Gasteiger partial charge in [0.2, 0.25) is 29.5 Å². The lowest BCUT2D eigenvalue weighted by molar-refractivity contribution is -0.136. The number of ether oxygens (including phenoxy) is 3. The molecule has 8 rings (SSSR count). The number of carbonyl (C=O) groups is 10. The van der Waals surface area contributed by atoms with E-state index in [1.165, 1.54) is 32.0 Å². The number of carbonyl (C=O) groups excluding carboxylic acids is 10. The molecular formula is C66H95N15O13S. The summed E-state index contributed by atoms with van der Waals surface area (Å²) in [5.74, 6) is -7.35. The van der Waals surface area contributed by atoms with Crippen molar-refractivity contribution in [1.29, 1.82) is 0 Å². The molecular weight excluding hydrogens is 1240 g/mol. The lowest BCUT2D eigenvalue weighted by Gasteiger charge is -2.27. The molecule has 0 radical (unpaired) electrons. The molecule has 3 aliphatic rings. The van der Waals surface area contributed by atoms with Gasteiger partial charge in [0.1, 0.15) is 24.5 Å². The van der Waals surface area contributed by atoms with Gasteiger partial charge in [0.25, 0.3) is 0 Å². The summed E-state index contributed by atoms with van der Waals surface area (Å²) in [6.45, 7) is 10.2. The lowest BCUT2D eigenvalue weighted by Crippen LogP contribution is -2.55. The van der Waals surface area contributed by atoms with Crippen molar-refractivity contribution < 1.29 is 62.2 Å². The summed E-state index contributed by atoms with van der Waals surface area (Å²) in [6.07, 6.45) is 13.3. The van der Waals surface area contributed by atoms with E-state index in [0.717, 1.165) is 41.5 Å². The Morgan fingerprint density at radius 1 is 0.695 bits per heavy atom.